The third-order valence-electron chi connectivity index (χ3n) is 22.9. The van der Waals surface area contributed by atoms with E-state index in [4.69, 9.17) is 4.42 Å². The molecule has 6 aromatic heterocycles. The van der Waals surface area contributed by atoms with Crippen LogP contribution in [0.1, 0.15) is 0 Å². The molecule has 0 aliphatic rings. The molecular formula is C102H63N5O. The van der Waals surface area contributed by atoms with Crippen LogP contribution in [0.5, 0.6) is 0 Å². The van der Waals surface area contributed by atoms with Gasteiger partial charge in [-0.15, -0.1) is 0 Å². The Morgan fingerprint density at radius 1 is 0.148 bits per heavy atom. The summed E-state index contributed by atoms with van der Waals surface area (Å²) in [4.78, 5) is 0. The first kappa shape index (κ1) is 60.0. The van der Waals surface area contributed by atoms with Crippen LogP contribution in [-0.2, 0) is 0 Å². The molecule has 0 aliphatic heterocycles. The summed E-state index contributed by atoms with van der Waals surface area (Å²) in [5, 5.41) is 14.6. The number of para-hydroxylation sites is 8. The van der Waals surface area contributed by atoms with Crippen molar-refractivity contribution >= 4 is 131 Å². The van der Waals surface area contributed by atoms with Crippen LogP contribution in [0.2, 0.25) is 0 Å². The van der Waals surface area contributed by atoms with E-state index >= 15 is 0 Å². The first-order valence-electron chi connectivity index (χ1n) is 37.1. The van der Waals surface area contributed by atoms with Gasteiger partial charge in [-0.2, -0.15) is 0 Å². The van der Waals surface area contributed by atoms with Gasteiger partial charge < -0.3 is 27.3 Å². The maximum atomic E-state index is 6.45. The van der Waals surface area contributed by atoms with Gasteiger partial charge in [0.1, 0.15) is 11.2 Å². The van der Waals surface area contributed by atoms with Gasteiger partial charge in [0.05, 0.1) is 55.2 Å². The molecule has 0 saturated carbocycles. The molecule has 0 atom stereocenters. The van der Waals surface area contributed by atoms with Crippen LogP contribution in [0.4, 0.5) is 0 Å². The molecule has 23 aromatic rings. The van der Waals surface area contributed by atoms with Crippen LogP contribution in [0, 0.1) is 0 Å². The zero-order chi connectivity index (χ0) is 70.7. The van der Waals surface area contributed by atoms with Crippen LogP contribution in [0.15, 0.2) is 387 Å². The lowest BCUT2D eigenvalue weighted by molar-refractivity contribution is 0.670. The Bertz CT molecular complexity index is 7630. The van der Waals surface area contributed by atoms with Crippen molar-refractivity contribution in [1.29, 1.82) is 0 Å². The van der Waals surface area contributed by atoms with E-state index in [1.54, 1.807) is 0 Å². The smallest absolute Gasteiger partial charge is 0.143 e. The predicted octanol–water partition coefficient (Wildman–Crippen LogP) is 27.4. The number of furan rings is 1. The molecule has 0 spiro atoms. The fraction of sp³-hybridized carbons (Fsp3) is 0. The van der Waals surface area contributed by atoms with Crippen LogP contribution in [-0.4, -0.2) is 22.8 Å². The lowest BCUT2D eigenvalue weighted by Gasteiger charge is -2.12. The molecule has 6 heteroatoms. The summed E-state index contributed by atoms with van der Waals surface area (Å²) in [6, 6.07) is 140. The Kier molecular flexibility index (Phi) is 13.1. The highest BCUT2D eigenvalue weighted by Gasteiger charge is 2.22. The van der Waals surface area contributed by atoms with Gasteiger partial charge >= 0.3 is 0 Å². The number of hydrogen-bond acceptors (Lipinski definition) is 1. The summed E-state index contributed by atoms with van der Waals surface area (Å²) in [5.74, 6) is 0. The van der Waals surface area contributed by atoms with Crippen molar-refractivity contribution < 1.29 is 4.42 Å². The van der Waals surface area contributed by atoms with Crippen LogP contribution >= 0.6 is 0 Å². The van der Waals surface area contributed by atoms with Crippen molar-refractivity contribution in [1.82, 2.24) is 22.8 Å². The number of fused-ring (bicyclic) bond motifs is 18. The highest BCUT2D eigenvalue weighted by molar-refractivity contribution is 6.17. The minimum Gasteiger partial charge on any atom is -0.455 e. The van der Waals surface area contributed by atoms with E-state index in [1.807, 2.05) is 12.1 Å². The lowest BCUT2D eigenvalue weighted by Crippen LogP contribution is -1.96. The molecule has 0 fully saturated rings. The van der Waals surface area contributed by atoms with Crippen LogP contribution in [0.25, 0.3) is 215 Å². The standard InChI is InChI=1S/C102H63N5O/c1-2-17-73(18-3-1)103-91-27-10-4-19-79(91)86-59-69(43-54-96(86)103)72-46-57-99-89(62-72)82-22-7-14-31-95(82)107(99)77-53-58-100-90(63-77)83-23-8-13-30-94(83)106(100)75-49-39-67(40-50-75)65-35-33-64(34-36-65)66-37-47-74(48-38-66)104-92-28-11-5-20-80(92)87-60-70(44-55-97(87)104)71-45-56-98-88(61-71)81-21-6-12-29-93(81)105(98)76-51-41-68(42-52-76)78-25-16-26-85-84-24-9-15-32-101(84)108-102(78)85/h1-63H. The van der Waals surface area contributed by atoms with Crippen molar-refractivity contribution in [3.05, 3.63) is 382 Å². The summed E-state index contributed by atoms with van der Waals surface area (Å²) in [6.07, 6.45) is 0. The second kappa shape index (κ2) is 23.5. The second-order valence-corrected chi connectivity index (χ2v) is 28.7. The lowest BCUT2D eigenvalue weighted by atomic mass is 10.00. The van der Waals surface area contributed by atoms with Crippen molar-refractivity contribution in [3.8, 4) is 84.1 Å². The summed E-state index contributed by atoms with van der Waals surface area (Å²) in [5.41, 5.74) is 31.0. The van der Waals surface area contributed by atoms with Gasteiger partial charge in [0.15, 0.2) is 0 Å². The molecule has 0 N–H and O–H groups in total. The van der Waals surface area contributed by atoms with Gasteiger partial charge in [-0.3, -0.25) is 0 Å². The largest absolute Gasteiger partial charge is 0.455 e. The third kappa shape index (κ3) is 9.14. The fourth-order valence-corrected chi connectivity index (χ4v) is 17.9. The summed E-state index contributed by atoms with van der Waals surface area (Å²) >= 11 is 0. The van der Waals surface area contributed by atoms with E-state index in [9.17, 15) is 0 Å². The molecule has 502 valence electrons. The monoisotopic (exact) mass is 1370 g/mol. The van der Waals surface area contributed by atoms with E-state index in [0.717, 1.165) is 61.5 Å². The molecule has 0 unspecified atom stereocenters. The average Bonchev–Trinajstić information content (AvgIpc) is 1.59. The second-order valence-electron chi connectivity index (χ2n) is 28.7. The molecule has 0 radical (unpaired) electrons. The molecule has 17 aromatic carbocycles. The zero-order valence-electron chi connectivity index (χ0n) is 58.5. The van der Waals surface area contributed by atoms with E-state index < -0.39 is 0 Å². The van der Waals surface area contributed by atoms with Crippen molar-refractivity contribution in [3.63, 3.8) is 0 Å². The van der Waals surface area contributed by atoms with Gasteiger partial charge in [-0.05, 0) is 202 Å². The number of rotatable bonds is 10. The van der Waals surface area contributed by atoms with E-state index in [1.165, 1.54) is 154 Å². The SMILES string of the molecule is c1ccc(-n2c3ccccc3c3cc(-c4ccc5c(c4)c4ccccc4n5-c4ccc5c(c4)c4ccccc4n5-c4ccc(-c5ccc(-c6ccc(-n7c8ccccc8c8cc(-c9ccc%10c(c9)c9ccccc9n%10-c9ccc(-c%10cccc%11c%10oc%10ccccc%10%11)cc9)ccc87)cc6)cc5)cc4)ccc32)cc1. The minimum absolute atomic E-state index is 0.907. The fourth-order valence-electron chi connectivity index (χ4n) is 17.9. The van der Waals surface area contributed by atoms with Gasteiger partial charge in [0, 0.05) is 98.6 Å². The summed E-state index contributed by atoms with van der Waals surface area (Å²) < 4.78 is 18.5. The van der Waals surface area contributed by atoms with Gasteiger partial charge in [-0.25, -0.2) is 0 Å². The van der Waals surface area contributed by atoms with Gasteiger partial charge in [0.2, 0.25) is 0 Å². The van der Waals surface area contributed by atoms with Crippen LogP contribution < -0.4 is 0 Å². The van der Waals surface area contributed by atoms with Gasteiger partial charge in [0.25, 0.3) is 0 Å². The third-order valence-corrected chi connectivity index (χ3v) is 22.9. The molecule has 0 aliphatic carbocycles. The summed E-state index contributed by atoms with van der Waals surface area (Å²) in [7, 11) is 0. The molecule has 0 amide bonds. The first-order chi connectivity index (χ1) is 53.5. The number of nitrogens with zero attached hydrogens (tertiary/aromatic N) is 5. The molecule has 6 heterocycles. The molecule has 0 saturated heterocycles. The van der Waals surface area contributed by atoms with E-state index in [-0.39, 0.29) is 0 Å². The quantitative estimate of drug-likeness (QED) is 0.134. The molecular weight excluding hydrogens is 1310 g/mol. The Balaban J connectivity index is 0.518. The maximum absolute atomic E-state index is 6.45. The van der Waals surface area contributed by atoms with Crippen LogP contribution in [0.3, 0.4) is 0 Å². The minimum atomic E-state index is 0.907. The predicted molar refractivity (Wildman–Crippen MR) is 453 cm³/mol. The van der Waals surface area contributed by atoms with Crippen molar-refractivity contribution in [2.45, 2.75) is 0 Å². The number of hydrogen-bond donors (Lipinski definition) is 0. The number of benzene rings is 17. The molecule has 23 rings (SSSR count). The Labute approximate surface area is 620 Å². The number of aromatic nitrogens is 5. The van der Waals surface area contributed by atoms with E-state index in [2.05, 4.69) is 393 Å². The first-order valence-corrected chi connectivity index (χ1v) is 37.1. The molecule has 6 nitrogen and oxygen atoms in total. The highest BCUT2D eigenvalue weighted by atomic mass is 16.3. The highest BCUT2D eigenvalue weighted by Crippen LogP contribution is 2.45. The Morgan fingerprint density at radius 2 is 0.407 bits per heavy atom. The van der Waals surface area contributed by atoms with Crippen molar-refractivity contribution in [2.24, 2.45) is 0 Å². The average molecular weight is 1370 g/mol. The van der Waals surface area contributed by atoms with E-state index in [0.29, 0.717) is 0 Å². The normalized spacial score (nSPS) is 12.1. The zero-order valence-corrected chi connectivity index (χ0v) is 58.5. The topological polar surface area (TPSA) is 37.8 Å². The van der Waals surface area contributed by atoms with Gasteiger partial charge in [-0.1, -0.05) is 231 Å². The Morgan fingerprint density at radius 3 is 0.796 bits per heavy atom. The van der Waals surface area contributed by atoms with Crippen molar-refractivity contribution in [2.75, 3.05) is 0 Å². The summed E-state index contributed by atoms with van der Waals surface area (Å²) in [6.45, 7) is 0. The maximum Gasteiger partial charge on any atom is 0.143 e. The molecule has 108 heavy (non-hydrogen) atoms. The Hall–Kier alpha value is -14.5. The molecule has 0 bridgehead atoms.